The van der Waals surface area contributed by atoms with Crippen LogP contribution in [0.4, 0.5) is 0 Å². The third-order valence-corrected chi connectivity index (χ3v) is 33.6. The minimum atomic E-state index is -0.123. The SMILES string of the molecule is CC(C)(C)Oc1ccc([S+]2CCOCC2)cc1.CC(C)(C)c1ccc([S+]2CCCCC2)cc1.Cc1ccc([S+]2CCCCC2)cc1.Cc1ccc([S+]2CCOCC2)cc1.Oc1ccc([S+]2CCOCC2)cc1.c1ccc([S+]2CCCC2)cc1.c1ccc([S+]2CCOCC2)cc1. The molecule has 13 heteroatoms. The number of hydrogen-bond acceptors (Lipinski definition) is 6. The van der Waals surface area contributed by atoms with Gasteiger partial charge >= 0.3 is 0 Å². The molecule has 7 aliphatic rings. The zero-order chi connectivity index (χ0) is 66.9. The first-order valence-electron chi connectivity index (χ1n) is 35.1. The van der Waals surface area contributed by atoms with Gasteiger partial charge in [-0.25, -0.2) is 0 Å². The van der Waals surface area contributed by atoms with Crippen LogP contribution < -0.4 is 4.74 Å². The Balaban J connectivity index is 0.000000143. The van der Waals surface area contributed by atoms with Crippen LogP contribution in [0.2, 0.25) is 0 Å². The number of hydrogen-bond donors (Lipinski definition) is 1. The number of phenols is 1. The van der Waals surface area contributed by atoms with Crippen molar-refractivity contribution in [3.05, 3.63) is 199 Å². The van der Waals surface area contributed by atoms with E-state index < -0.39 is 0 Å². The topological polar surface area (TPSA) is 66.4 Å². The second-order valence-electron chi connectivity index (χ2n) is 26.8. The van der Waals surface area contributed by atoms with Gasteiger partial charge in [0.05, 0.1) is 52.9 Å². The smallest absolute Gasteiger partial charge is 0.155 e. The molecule has 7 fully saturated rings. The van der Waals surface area contributed by atoms with Crippen molar-refractivity contribution in [2.75, 3.05) is 133 Å². The van der Waals surface area contributed by atoms with Crippen LogP contribution in [-0.4, -0.2) is 144 Å². The van der Waals surface area contributed by atoms with E-state index in [0.29, 0.717) is 82.0 Å². The standard InChI is InChI=1S/C15H23S.C14H21O2S.C12H17S.C11H15OS.C10H12O2S.C10H13OS.C10H13S/c1-15(2,3)13-7-9-14(10-8-13)16-11-5-4-6-12-16;1-14(2,3)16-12-4-6-13(7-5-12)17-10-8-15-9-11-17;1-11-5-7-12(8-6-11)13-9-3-2-4-10-13;1-10-2-4-11(5-3-10)13-8-6-12-7-9-13;11-9-1-3-10(4-2-9)13-7-5-12-6-8-13;1-2-4-10(5-3-1)12-8-6-11-7-9-12;1-2-6-10(7-3-1)11-8-4-5-9-11/h7-10H,4-6,11-12H2,1-3H3;4-7H,8-11H2,1-3H3;5-8H,2-4,9-10H2,1H3;2-5H,6-9H2,1H3;1-4H,5-8H2;1-5H,6-9H2;1-3,6-7H,4-5,8-9H2/q4*+1;;2*+1/p+1. The molecular formula is C82H115O6S7+7. The highest BCUT2D eigenvalue weighted by atomic mass is 32.2. The highest BCUT2D eigenvalue weighted by Gasteiger charge is 2.31. The first kappa shape index (κ1) is 77.2. The molecule has 0 saturated carbocycles. The van der Waals surface area contributed by atoms with E-state index in [-0.39, 0.29) is 11.0 Å². The van der Waals surface area contributed by atoms with Gasteiger partial charge in [-0.2, -0.15) is 0 Å². The third kappa shape index (κ3) is 28.9. The van der Waals surface area contributed by atoms with Crippen LogP contribution in [0.5, 0.6) is 11.5 Å². The van der Waals surface area contributed by atoms with Crippen LogP contribution in [-0.2, 0) is 101 Å². The average Bonchev–Trinajstić information content (AvgIpc) is 3.07. The molecule has 0 radical (unpaired) electrons. The van der Waals surface area contributed by atoms with Gasteiger partial charge in [0, 0.05) is 76.3 Å². The van der Waals surface area contributed by atoms with E-state index in [9.17, 15) is 0 Å². The number of aromatic hydroxyl groups is 1. The Hall–Kier alpha value is -3.57. The minimum absolute atomic E-state index is 0.123. The number of rotatable bonds is 8. The molecular weight excluding hydrogens is 1310 g/mol. The lowest BCUT2D eigenvalue weighted by atomic mass is 9.87. The fraction of sp³-hybridized carbons (Fsp3) is 0.488. The van der Waals surface area contributed by atoms with Gasteiger partial charge in [0.1, 0.15) is 97.6 Å². The summed E-state index contributed by atoms with van der Waals surface area (Å²) in [7, 11) is 3.40. The van der Waals surface area contributed by atoms with Gasteiger partial charge in [0.2, 0.25) is 0 Å². The Morgan fingerprint density at radius 1 is 0.284 bits per heavy atom. The van der Waals surface area contributed by atoms with E-state index >= 15 is 0 Å². The Labute approximate surface area is 595 Å². The molecule has 0 atom stereocenters. The van der Waals surface area contributed by atoms with Gasteiger partial charge in [-0.3, -0.25) is 0 Å². The molecule has 6 nitrogen and oxygen atoms in total. The van der Waals surface area contributed by atoms with Crippen molar-refractivity contribution in [1.29, 1.82) is 0 Å². The summed E-state index contributed by atoms with van der Waals surface area (Å²) in [5.41, 5.74) is 4.35. The summed E-state index contributed by atoms with van der Waals surface area (Å²) in [5, 5.41) is 9.13. The van der Waals surface area contributed by atoms with Gasteiger partial charge in [0.25, 0.3) is 0 Å². The number of phenolic OH excluding ortho intramolecular Hbond substituents is 1. The van der Waals surface area contributed by atoms with E-state index in [1.165, 1.54) is 157 Å². The van der Waals surface area contributed by atoms with Crippen LogP contribution in [0.3, 0.4) is 0 Å². The van der Waals surface area contributed by atoms with Gasteiger partial charge in [-0.05, 0) is 206 Å². The fourth-order valence-electron chi connectivity index (χ4n) is 11.6. The molecule has 0 amide bonds. The van der Waals surface area contributed by atoms with E-state index in [1.807, 2.05) is 12.1 Å². The Kier molecular flexibility index (Phi) is 34.5. The number of benzene rings is 7. The van der Waals surface area contributed by atoms with Crippen LogP contribution in [0.25, 0.3) is 0 Å². The second kappa shape index (κ2) is 42.5. The van der Waals surface area contributed by atoms with Crippen LogP contribution >= 0.6 is 0 Å². The van der Waals surface area contributed by atoms with E-state index in [2.05, 4.69) is 213 Å². The normalized spacial score (nSPS) is 18.7. The third-order valence-electron chi connectivity index (χ3n) is 17.1. The maximum atomic E-state index is 9.13. The molecule has 95 heavy (non-hydrogen) atoms. The summed E-state index contributed by atoms with van der Waals surface area (Å²) in [6.45, 7) is 24.7. The summed E-state index contributed by atoms with van der Waals surface area (Å²) in [6.07, 6.45) is 11.5. The molecule has 0 aliphatic carbocycles. The molecule has 0 bridgehead atoms. The lowest BCUT2D eigenvalue weighted by Gasteiger charge is -2.21. The van der Waals surface area contributed by atoms with Gasteiger partial charge in [-0.15, -0.1) is 0 Å². The van der Waals surface area contributed by atoms with Crippen molar-refractivity contribution < 1.29 is 28.8 Å². The zero-order valence-electron chi connectivity index (χ0n) is 58.9. The molecule has 14 rings (SSSR count). The number of ether oxygens (including phenoxy) is 5. The predicted molar refractivity (Wildman–Crippen MR) is 423 cm³/mol. The highest BCUT2D eigenvalue weighted by molar-refractivity contribution is 7.98. The van der Waals surface area contributed by atoms with Gasteiger partial charge < -0.3 is 28.8 Å². The molecule has 7 aliphatic heterocycles. The van der Waals surface area contributed by atoms with Crippen molar-refractivity contribution in [2.45, 2.75) is 152 Å². The molecule has 514 valence electrons. The van der Waals surface area contributed by atoms with Crippen molar-refractivity contribution in [3.8, 4) is 11.5 Å². The Bertz CT molecular complexity index is 2960. The quantitative estimate of drug-likeness (QED) is 0.153. The summed E-state index contributed by atoms with van der Waals surface area (Å²) >= 11 is 0. The molecule has 0 unspecified atom stereocenters. The lowest BCUT2D eigenvalue weighted by molar-refractivity contribution is 0.131. The molecule has 7 saturated heterocycles. The highest BCUT2D eigenvalue weighted by Crippen LogP contribution is 2.29. The van der Waals surface area contributed by atoms with Crippen LogP contribution in [0, 0.1) is 13.8 Å². The Morgan fingerprint density at radius 2 is 0.526 bits per heavy atom. The second-order valence-corrected chi connectivity index (χ2v) is 42.7. The van der Waals surface area contributed by atoms with Crippen LogP contribution in [0.1, 0.15) is 110 Å². The van der Waals surface area contributed by atoms with Crippen molar-refractivity contribution in [1.82, 2.24) is 0 Å². The van der Waals surface area contributed by atoms with Gasteiger partial charge in [-0.1, -0.05) is 105 Å². The van der Waals surface area contributed by atoms with Crippen molar-refractivity contribution in [3.63, 3.8) is 0 Å². The van der Waals surface area contributed by atoms with E-state index in [4.69, 9.17) is 28.8 Å². The first-order valence-corrected chi connectivity index (χ1v) is 46.0. The fourth-order valence-corrected chi connectivity index (χ4v) is 25.9. The van der Waals surface area contributed by atoms with E-state index in [1.54, 1.807) is 26.8 Å². The summed E-state index contributed by atoms with van der Waals surface area (Å²) in [6, 6.07) is 65.4. The summed E-state index contributed by atoms with van der Waals surface area (Å²) in [5.74, 6) is 19.3. The zero-order valence-corrected chi connectivity index (χ0v) is 64.6. The minimum Gasteiger partial charge on any atom is -0.508 e. The maximum absolute atomic E-state index is 9.13. The summed E-state index contributed by atoms with van der Waals surface area (Å²) < 4.78 is 27.2. The maximum Gasteiger partial charge on any atom is 0.155 e. The monoisotopic (exact) mass is 1420 g/mol. The molecule has 7 aromatic rings. The molecule has 1 N–H and O–H groups in total. The van der Waals surface area contributed by atoms with Gasteiger partial charge in [0.15, 0.2) is 34.3 Å². The van der Waals surface area contributed by atoms with Crippen molar-refractivity contribution in [2.24, 2.45) is 0 Å². The number of aryl methyl sites for hydroxylation is 2. The molecule has 7 heterocycles. The summed E-state index contributed by atoms with van der Waals surface area (Å²) in [4.78, 5) is 10.5. The van der Waals surface area contributed by atoms with Crippen LogP contribution in [0.15, 0.2) is 216 Å². The Morgan fingerprint density at radius 3 is 0.811 bits per heavy atom. The van der Waals surface area contributed by atoms with E-state index in [0.717, 1.165) is 70.1 Å². The lowest BCUT2D eigenvalue weighted by Crippen LogP contribution is -2.26. The predicted octanol–water partition coefficient (Wildman–Crippen LogP) is 17.7. The molecule has 7 aromatic carbocycles. The first-order chi connectivity index (χ1) is 46.1. The molecule has 0 aromatic heterocycles. The average molecular weight is 1420 g/mol. The molecule has 0 spiro atoms. The largest absolute Gasteiger partial charge is 0.508 e. The van der Waals surface area contributed by atoms with Crippen molar-refractivity contribution >= 4 is 76.3 Å².